The maximum atomic E-state index is 14.8. The first-order chi connectivity index (χ1) is 16.4. The van der Waals surface area contributed by atoms with Crippen LogP contribution in [-0.2, 0) is 11.8 Å². The van der Waals surface area contributed by atoms with Crippen molar-refractivity contribution in [3.8, 4) is 5.75 Å². The van der Waals surface area contributed by atoms with Crippen molar-refractivity contribution in [1.29, 1.82) is 0 Å². The number of nitrogens with zero attached hydrogens (tertiary/aromatic N) is 7. The van der Waals surface area contributed by atoms with E-state index in [2.05, 4.69) is 20.3 Å². The largest absolute Gasteiger partial charge is 0.484 e. The maximum absolute atomic E-state index is 14.8. The van der Waals surface area contributed by atoms with Gasteiger partial charge in [0, 0.05) is 58.4 Å². The molecule has 34 heavy (non-hydrogen) atoms. The zero-order valence-corrected chi connectivity index (χ0v) is 18.6. The van der Waals surface area contributed by atoms with E-state index in [1.165, 1.54) is 4.68 Å². The second kappa shape index (κ2) is 8.88. The minimum Gasteiger partial charge on any atom is -0.484 e. The predicted octanol–water partition coefficient (Wildman–Crippen LogP) is 0.658. The maximum Gasteiger partial charge on any atom is 0.282 e. The lowest BCUT2D eigenvalue weighted by atomic mass is 10.2. The molecule has 1 aromatic carbocycles. The molecule has 0 atom stereocenters. The molecule has 2 aliphatic rings. The van der Waals surface area contributed by atoms with Crippen LogP contribution in [0.5, 0.6) is 5.75 Å². The summed E-state index contributed by atoms with van der Waals surface area (Å²) in [5.41, 5.74) is -0.0347. The van der Waals surface area contributed by atoms with Gasteiger partial charge in [-0.05, 0) is 12.8 Å². The van der Waals surface area contributed by atoms with Crippen molar-refractivity contribution in [2.45, 2.75) is 12.8 Å². The fourth-order valence-electron chi connectivity index (χ4n) is 4.34. The Labute approximate surface area is 192 Å². The van der Waals surface area contributed by atoms with Crippen molar-refractivity contribution < 1.29 is 18.3 Å². The van der Waals surface area contributed by atoms with E-state index in [0.717, 1.165) is 25.0 Å². The lowest BCUT2D eigenvalue weighted by Gasteiger charge is -2.36. The Bertz CT molecular complexity index is 1260. The highest BCUT2D eigenvalue weighted by Crippen LogP contribution is 2.29. The number of benzene rings is 1. The molecule has 2 fully saturated rings. The molecular formula is C21H24F2N8O3. The van der Waals surface area contributed by atoms with E-state index in [1.807, 2.05) is 4.90 Å². The predicted molar refractivity (Wildman–Crippen MR) is 119 cm³/mol. The summed E-state index contributed by atoms with van der Waals surface area (Å²) in [6, 6.07) is 2.20. The molecule has 0 aliphatic carbocycles. The third kappa shape index (κ3) is 4.13. The SMILES string of the molecule is Cn1nnc2c(=O)[nH]c(N3CCN(c4c(F)cc(OCC(=O)N5CCCC5)cc4F)CC3)nc21. The average molecular weight is 474 g/mol. The van der Waals surface area contributed by atoms with Gasteiger partial charge in [0.25, 0.3) is 11.5 Å². The van der Waals surface area contributed by atoms with Crippen molar-refractivity contribution in [3.05, 3.63) is 34.1 Å². The van der Waals surface area contributed by atoms with Crippen LogP contribution >= 0.6 is 0 Å². The van der Waals surface area contributed by atoms with Gasteiger partial charge in [-0.3, -0.25) is 14.6 Å². The minimum atomic E-state index is -0.758. The molecule has 5 rings (SSSR count). The minimum absolute atomic E-state index is 0.0233. The van der Waals surface area contributed by atoms with Gasteiger partial charge in [-0.1, -0.05) is 5.21 Å². The highest BCUT2D eigenvalue weighted by atomic mass is 19.1. The number of ether oxygens (including phenoxy) is 1. The van der Waals surface area contributed by atoms with Crippen LogP contribution in [0, 0.1) is 11.6 Å². The van der Waals surface area contributed by atoms with Gasteiger partial charge in [0.1, 0.15) is 11.4 Å². The standard InChI is InChI=1S/C21H24F2N8O3/c1-28-19-17(26-27-28)20(33)25-21(24-19)31-8-6-30(7-9-31)18-14(22)10-13(11-15(18)23)34-12-16(32)29-4-2-3-5-29/h10-11H,2-9,12H2,1H3,(H,24,25,33). The summed E-state index contributed by atoms with van der Waals surface area (Å²) < 4.78 is 36.4. The number of nitrogens with one attached hydrogen (secondary N) is 1. The quantitative estimate of drug-likeness (QED) is 0.574. The Morgan fingerprint density at radius 1 is 1.06 bits per heavy atom. The van der Waals surface area contributed by atoms with Crippen LogP contribution in [0.1, 0.15) is 12.8 Å². The van der Waals surface area contributed by atoms with Gasteiger partial charge >= 0.3 is 0 Å². The van der Waals surface area contributed by atoms with Crippen molar-refractivity contribution in [2.75, 3.05) is 55.7 Å². The Morgan fingerprint density at radius 2 is 1.71 bits per heavy atom. The number of carbonyl (C=O) groups is 1. The lowest BCUT2D eigenvalue weighted by Crippen LogP contribution is -2.48. The number of aromatic nitrogens is 5. The summed E-state index contributed by atoms with van der Waals surface area (Å²) in [7, 11) is 1.64. The van der Waals surface area contributed by atoms with Crippen LogP contribution < -0.4 is 20.1 Å². The van der Waals surface area contributed by atoms with Crippen molar-refractivity contribution in [1.82, 2.24) is 29.9 Å². The summed E-state index contributed by atoms with van der Waals surface area (Å²) >= 11 is 0. The van der Waals surface area contributed by atoms with Gasteiger partial charge in [0.2, 0.25) is 5.95 Å². The molecule has 1 N–H and O–H groups in total. The number of halogens is 2. The Morgan fingerprint density at radius 3 is 2.38 bits per heavy atom. The number of amides is 1. The molecule has 2 aromatic heterocycles. The summed E-state index contributed by atoms with van der Waals surface area (Å²) in [5.74, 6) is -1.37. The topological polar surface area (TPSA) is 112 Å². The van der Waals surface area contributed by atoms with E-state index >= 15 is 0 Å². The fourth-order valence-corrected chi connectivity index (χ4v) is 4.34. The number of piperazine rings is 1. The molecule has 0 saturated carbocycles. The van der Waals surface area contributed by atoms with E-state index in [9.17, 15) is 18.4 Å². The molecule has 13 heteroatoms. The van der Waals surface area contributed by atoms with Crippen LogP contribution in [0.15, 0.2) is 16.9 Å². The number of likely N-dealkylation sites (tertiary alicyclic amines) is 1. The Balaban J connectivity index is 1.25. The number of anilines is 2. The van der Waals surface area contributed by atoms with E-state index in [1.54, 1.807) is 16.8 Å². The zero-order chi connectivity index (χ0) is 23.8. The number of hydrogen-bond acceptors (Lipinski definition) is 8. The van der Waals surface area contributed by atoms with Crippen molar-refractivity contribution >= 4 is 28.7 Å². The van der Waals surface area contributed by atoms with E-state index in [0.29, 0.717) is 50.9 Å². The number of H-pyrrole nitrogens is 1. The van der Waals surface area contributed by atoms with Crippen molar-refractivity contribution in [2.24, 2.45) is 7.05 Å². The van der Waals surface area contributed by atoms with Gasteiger partial charge in [0.15, 0.2) is 29.4 Å². The number of fused-ring (bicyclic) bond motifs is 1. The van der Waals surface area contributed by atoms with Crippen LogP contribution in [0.3, 0.4) is 0 Å². The lowest BCUT2D eigenvalue weighted by molar-refractivity contribution is -0.132. The summed E-state index contributed by atoms with van der Waals surface area (Å²) in [4.78, 5) is 36.6. The van der Waals surface area contributed by atoms with Crippen LogP contribution in [0.2, 0.25) is 0 Å². The van der Waals surface area contributed by atoms with E-state index < -0.39 is 17.2 Å². The molecule has 0 radical (unpaired) electrons. The van der Waals surface area contributed by atoms with E-state index in [4.69, 9.17) is 4.74 Å². The zero-order valence-electron chi connectivity index (χ0n) is 18.6. The molecule has 0 bridgehead atoms. The van der Waals surface area contributed by atoms with Crippen molar-refractivity contribution in [3.63, 3.8) is 0 Å². The number of aryl methyl sites for hydroxylation is 1. The molecule has 0 unspecified atom stereocenters. The molecule has 180 valence electrons. The van der Waals surface area contributed by atoms with Gasteiger partial charge in [-0.15, -0.1) is 5.10 Å². The molecule has 3 aromatic rings. The first-order valence-corrected chi connectivity index (χ1v) is 11.1. The highest BCUT2D eigenvalue weighted by Gasteiger charge is 2.26. The summed E-state index contributed by atoms with van der Waals surface area (Å²) in [6.07, 6.45) is 1.91. The summed E-state index contributed by atoms with van der Waals surface area (Å²) in [5, 5.41) is 7.60. The molecule has 0 spiro atoms. The van der Waals surface area contributed by atoms with Gasteiger partial charge in [-0.2, -0.15) is 4.98 Å². The third-order valence-electron chi connectivity index (χ3n) is 6.16. The molecule has 2 aliphatic heterocycles. The molecule has 2 saturated heterocycles. The number of carbonyl (C=O) groups excluding carboxylic acids is 1. The first kappa shape index (κ1) is 22.0. The Kier molecular flexibility index (Phi) is 5.75. The smallest absolute Gasteiger partial charge is 0.282 e. The Hall–Kier alpha value is -3.77. The molecule has 11 nitrogen and oxygen atoms in total. The monoisotopic (exact) mass is 474 g/mol. The molecule has 4 heterocycles. The second-order valence-electron chi connectivity index (χ2n) is 8.36. The van der Waals surface area contributed by atoms with Crippen LogP contribution in [-0.4, -0.2) is 81.6 Å². The number of hydrogen-bond donors (Lipinski definition) is 1. The summed E-state index contributed by atoms with van der Waals surface area (Å²) in [6.45, 7) is 2.53. The number of rotatable bonds is 5. The normalized spacial score (nSPS) is 16.5. The third-order valence-corrected chi connectivity index (χ3v) is 6.16. The molecule has 1 amide bonds. The van der Waals surface area contributed by atoms with E-state index in [-0.39, 0.29) is 29.5 Å². The van der Waals surface area contributed by atoms with Gasteiger partial charge < -0.3 is 19.4 Å². The average Bonchev–Trinajstić information content (AvgIpc) is 3.48. The van der Waals surface area contributed by atoms with Gasteiger partial charge in [0.05, 0.1) is 0 Å². The molecular weight excluding hydrogens is 450 g/mol. The second-order valence-corrected chi connectivity index (χ2v) is 8.36. The fraction of sp³-hybridized carbons (Fsp3) is 0.476. The highest BCUT2D eigenvalue weighted by molar-refractivity contribution is 5.78. The van der Waals surface area contributed by atoms with Crippen LogP contribution in [0.4, 0.5) is 20.4 Å². The van der Waals surface area contributed by atoms with Crippen LogP contribution in [0.25, 0.3) is 11.2 Å². The number of aromatic amines is 1. The van der Waals surface area contributed by atoms with Gasteiger partial charge in [-0.25, -0.2) is 13.5 Å². The first-order valence-electron chi connectivity index (χ1n) is 11.1.